The van der Waals surface area contributed by atoms with Gasteiger partial charge in [-0.2, -0.15) is 0 Å². The summed E-state index contributed by atoms with van der Waals surface area (Å²) in [7, 11) is 0. The van der Waals surface area contributed by atoms with E-state index in [1.807, 2.05) is 19.9 Å². The molecule has 174 valence electrons. The molecular formula is C27H42O4. The Morgan fingerprint density at radius 3 is 2.58 bits per heavy atom. The SMILES string of the molecule is C[C@@H](COCCCC(C)(C)O)[C@H]1CC[C@H]2C(c3ccc(CO)c(CO)c3)=CCC[C@]12C. The summed E-state index contributed by atoms with van der Waals surface area (Å²) in [5.74, 6) is 1.70. The molecule has 0 aliphatic heterocycles. The second kappa shape index (κ2) is 10.2. The summed E-state index contributed by atoms with van der Waals surface area (Å²) in [5, 5.41) is 29.1. The van der Waals surface area contributed by atoms with Crippen LogP contribution in [0.25, 0.3) is 5.57 Å². The van der Waals surface area contributed by atoms with E-state index in [2.05, 4.69) is 32.1 Å². The summed E-state index contributed by atoms with van der Waals surface area (Å²) in [6.07, 6.45) is 8.81. The second-order valence-corrected chi connectivity index (χ2v) is 10.7. The largest absolute Gasteiger partial charge is 0.392 e. The maximum absolute atomic E-state index is 9.86. The zero-order chi connectivity index (χ0) is 22.6. The Labute approximate surface area is 188 Å². The van der Waals surface area contributed by atoms with Crippen LogP contribution < -0.4 is 0 Å². The number of hydrogen-bond acceptors (Lipinski definition) is 4. The summed E-state index contributed by atoms with van der Waals surface area (Å²) in [6, 6.07) is 6.15. The average Bonchev–Trinajstić information content (AvgIpc) is 3.09. The molecule has 0 heterocycles. The van der Waals surface area contributed by atoms with Gasteiger partial charge in [-0.05, 0) is 104 Å². The van der Waals surface area contributed by atoms with Gasteiger partial charge in [0.05, 0.1) is 18.8 Å². The predicted octanol–water partition coefficient (Wildman–Crippen LogP) is 5.08. The minimum Gasteiger partial charge on any atom is -0.392 e. The highest BCUT2D eigenvalue weighted by atomic mass is 16.5. The summed E-state index contributed by atoms with van der Waals surface area (Å²) < 4.78 is 6.02. The highest BCUT2D eigenvalue weighted by Crippen LogP contribution is 2.60. The first-order valence-corrected chi connectivity index (χ1v) is 12.0. The quantitative estimate of drug-likeness (QED) is 0.453. The Hall–Kier alpha value is -1.20. The van der Waals surface area contributed by atoms with Gasteiger partial charge in [0.25, 0.3) is 0 Å². The molecule has 3 rings (SSSR count). The maximum Gasteiger partial charge on any atom is 0.0685 e. The number of fused-ring (bicyclic) bond motifs is 1. The third-order valence-electron chi connectivity index (χ3n) is 7.86. The highest BCUT2D eigenvalue weighted by Gasteiger charge is 2.50. The van der Waals surface area contributed by atoms with Gasteiger partial charge in [0, 0.05) is 13.2 Å². The van der Waals surface area contributed by atoms with Crippen LogP contribution >= 0.6 is 0 Å². The van der Waals surface area contributed by atoms with Gasteiger partial charge in [-0.1, -0.05) is 32.1 Å². The van der Waals surface area contributed by atoms with Crippen molar-refractivity contribution in [1.29, 1.82) is 0 Å². The fraction of sp³-hybridized carbons (Fsp3) is 0.704. The van der Waals surface area contributed by atoms with E-state index < -0.39 is 5.60 Å². The van der Waals surface area contributed by atoms with Crippen molar-refractivity contribution in [3.63, 3.8) is 0 Å². The first-order valence-electron chi connectivity index (χ1n) is 12.0. The molecule has 4 nitrogen and oxygen atoms in total. The normalized spacial score (nSPS) is 27.1. The van der Waals surface area contributed by atoms with E-state index in [0.29, 0.717) is 24.4 Å². The molecule has 0 amide bonds. The molecule has 0 radical (unpaired) electrons. The van der Waals surface area contributed by atoms with Crippen molar-refractivity contribution < 1.29 is 20.1 Å². The van der Waals surface area contributed by atoms with Gasteiger partial charge in [0.15, 0.2) is 0 Å². The van der Waals surface area contributed by atoms with Crippen LogP contribution in [0.1, 0.15) is 82.9 Å². The van der Waals surface area contributed by atoms with Crippen LogP contribution in [0.15, 0.2) is 24.3 Å². The van der Waals surface area contributed by atoms with E-state index in [9.17, 15) is 15.3 Å². The molecular weight excluding hydrogens is 388 g/mol. The van der Waals surface area contributed by atoms with Crippen molar-refractivity contribution in [3.8, 4) is 0 Å². The zero-order valence-corrected chi connectivity index (χ0v) is 19.9. The molecule has 4 heteroatoms. The van der Waals surface area contributed by atoms with Gasteiger partial charge in [0.1, 0.15) is 0 Å². The fourth-order valence-electron chi connectivity index (χ4n) is 6.17. The summed E-state index contributed by atoms with van der Waals surface area (Å²) >= 11 is 0. The van der Waals surface area contributed by atoms with Crippen LogP contribution in [-0.4, -0.2) is 34.1 Å². The molecule has 0 aromatic heterocycles. The van der Waals surface area contributed by atoms with E-state index >= 15 is 0 Å². The Morgan fingerprint density at radius 1 is 1.16 bits per heavy atom. The Morgan fingerprint density at radius 2 is 1.90 bits per heavy atom. The van der Waals surface area contributed by atoms with Gasteiger partial charge in [-0.25, -0.2) is 0 Å². The lowest BCUT2D eigenvalue weighted by molar-refractivity contribution is 0.0253. The van der Waals surface area contributed by atoms with Crippen LogP contribution in [-0.2, 0) is 18.0 Å². The topological polar surface area (TPSA) is 69.9 Å². The number of allylic oxidation sites excluding steroid dienone is 2. The predicted molar refractivity (Wildman–Crippen MR) is 125 cm³/mol. The third-order valence-corrected chi connectivity index (χ3v) is 7.86. The van der Waals surface area contributed by atoms with Crippen LogP contribution in [0.4, 0.5) is 0 Å². The fourth-order valence-corrected chi connectivity index (χ4v) is 6.17. The standard InChI is InChI=1S/C27H42O4/c1-19(18-31-14-6-12-26(2,3)30)24-10-11-25-23(7-5-13-27(24,25)4)20-8-9-21(16-28)22(15-20)17-29/h7-9,15,19,24-25,28-30H,5-6,10-14,16-18H2,1-4H3/t19-,24+,25-,27+/m0/s1. The molecule has 0 unspecified atom stereocenters. The minimum absolute atomic E-state index is 0.0360. The zero-order valence-electron chi connectivity index (χ0n) is 19.9. The van der Waals surface area contributed by atoms with E-state index in [-0.39, 0.29) is 18.6 Å². The van der Waals surface area contributed by atoms with Crippen LogP contribution in [0.3, 0.4) is 0 Å². The van der Waals surface area contributed by atoms with Crippen LogP contribution in [0.2, 0.25) is 0 Å². The molecule has 2 aliphatic rings. The lowest BCUT2D eigenvalue weighted by Gasteiger charge is -2.43. The first-order chi connectivity index (χ1) is 14.7. The molecule has 0 bridgehead atoms. The summed E-state index contributed by atoms with van der Waals surface area (Å²) in [6.45, 7) is 9.95. The van der Waals surface area contributed by atoms with E-state index in [1.165, 1.54) is 30.4 Å². The van der Waals surface area contributed by atoms with Crippen LogP contribution in [0.5, 0.6) is 0 Å². The molecule has 1 fully saturated rings. The van der Waals surface area contributed by atoms with E-state index in [1.54, 1.807) is 0 Å². The van der Waals surface area contributed by atoms with Crippen molar-refractivity contribution >= 4 is 5.57 Å². The smallest absolute Gasteiger partial charge is 0.0685 e. The molecule has 0 saturated heterocycles. The molecule has 1 saturated carbocycles. The first kappa shape index (κ1) is 24.4. The third kappa shape index (κ3) is 5.60. The van der Waals surface area contributed by atoms with Crippen molar-refractivity contribution in [2.45, 2.75) is 85.0 Å². The number of aliphatic hydroxyl groups is 3. The number of aliphatic hydroxyl groups excluding tert-OH is 2. The molecule has 31 heavy (non-hydrogen) atoms. The molecule has 4 atom stereocenters. The van der Waals surface area contributed by atoms with Crippen molar-refractivity contribution in [1.82, 2.24) is 0 Å². The Balaban J connectivity index is 1.66. The summed E-state index contributed by atoms with van der Waals surface area (Å²) in [4.78, 5) is 0. The van der Waals surface area contributed by atoms with E-state index in [0.717, 1.165) is 37.0 Å². The van der Waals surface area contributed by atoms with Gasteiger partial charge >= 0.3 is 0 Å². The van der Waals surface area contributed by atoms with Gasteiger partial charge in [0.2, 0.25) is 0 Å². The maximum atomic E-state index is 9.86. The Kier molecular flexibility index (Phi) is 8.01. The molecule has 3 N–H and O–H groups in total. The lowest BCUT2D eigenvalue weighted by atomic mass is 9.62. The number of rotatable bonds is 10. The van der Waals surface area contributed by atoms with Gasteiger partial charge in [-0.15, -0.1) is 0 Å². The number of ether oxygens (including phenoxy) is 1. The van der Waals surface area contributed by atoms with Crippen molar-refractivity contribution in [3.05, 3.63) is 41.0 Å². The van der Waals surface area contributed by atoms with E-state index in [4.69, 9.17) is 4.74 Å². The number of hydrogen-bond donors (Lipinski definition) is 3. The summed E-state index contributed by atoms with van der Waals surface area (Å²) in [5.41, 5.74) is 3.93. The molecule has 1 aromatic carbocycles. The molecule has 0 spiro atoms. The van der Waals surface area contributed by atoms with Gasteiger partial charge < -0.3 is 20.1 Å². The highest BCUT2D eigenvalue weighted by molar-refractivity contribution is 5.70. The molecule has 2 aliphatic carbocycles. The average molecular weight is 431 g/mol. The second-order valence-electron chi connectivity index (χ2n) is 10.7. The van der Waals surface area contributed by atoms with Gasteiger partial charge in [-0.3, -0.25) is 0 Å². The lowest BCUT2D eigenvalue weighted by Crippen LogP contribution is -2.36. The Bertz CT molecular complexity index is 763. The van der Waals surface area contributed by atoms with Crippen molar-refractivity contribution in [2.75, 3.05) is 13.2 Å². The van der Waals surface area contributed by atoms with Crippen LogP contribution in [0, 0.1) is 23.2 Å². The minimum atomic E-state index is -0.614. The molecule has 1 aromatic rings. The number of benzene rings is 1. The van der Waals surface area contributed by atoms with Crippen molar-refractivity contribution in [2.24, 2.45) is 23.2 Å². The monoisotopic (exact) mass is 430 g/mol.